The Hall–Kier alpha value is -2.33. The predicted molar refractivity (Wildman–Crippen MR) is 77.7 cm³/mol. The minimum absolute atomic E-state index is 0.0240. The number of fused-ring (bicyclic) bond motifs is 1. The zero-order chi connectivity index (χ0) is 14.7. The van der Waals surface area contributed by atoms with E-state index in [1.54, 1.807) is 37.4 Å². The van der Waals surface area contributed by atoms with E-state index in [0.717, 1.165) is 17.7 Å². The number of carbonyl (C=O) groups is 1. The Morgan fingerprint density at radius 3 is 2.76 bits per heavy atom. The summed E-state index contributed by atoms with van der Waals surface area (Å²) in [5.41, 5.74) is 1.44. The van der Waals surface area contributed by atoms with Crippen LogP contribution in [0.4, 0.5) is 0 Å². The first kappa shape index (κ1) is 13.6. The Morgan fingerprint density at radius 2 is 2.00 bits per heavy atom. The van der Waals surface area contributed by atoms with Gasteiger partial charge in [0.15, 0.2) is 0 Å². The fraction of sp³-hybridized carbons (Fsp3) is 0.235. The molecule has 0 aromatic heterocycles. The molecule has 4 heteroatoms. The van der Waals surface area contributed by atoms with Crippen molar-refractivity contribution in [1.29, 1.82) is 0 Å². The second-order valence-corrected chi connectivity index (χ2v) is 4.82. The van der Waals surface area contributed by atoms with Gasteiger partial charge in [0.05, 0.1) is 18.3 Å². The van der Waals surface area contributed by atoms with Crippen LogP contribution in [0.5, 0.6) is 11.5 Å². The van der Waals surface area contributed by atoms with Gasteiger partial charge in [-0.2, -0.15) is 0 Å². The zero-order valence-electron chi connectivity index (χ0n) is 11.7. The van der Waals surface area contributed by atoms with E-state index < -0.39 is 0 Å². The van der Waals surface area contributed by atoms with Crippen LogP contribution in [0, 0.1) is 0 Å². The van der Waals surface area contributed by atoms with Gasteiger partial charge in [-0.1, -0.05) is 18.2 Å². The molecule has 0 N–H and O–H groups in total. The van der Waals surface area contributed by atoms with Crippen LogP contribution in [-0.4, -0.2) is 19.7 Å². The predicted octanol–water partition coefficient (Wildman–Crippen LogP) is 3.38. The van der Waals surface area contributed by atoms with Crippen molar-refractivity contribution in [2.24, 2.45) is 0 Å². The van der Waals surface area contributed by atoms with Gasteiger partial charge in [-0.25, -0.2) is 4.79 Å². The van der Waals surface area contributed by atoms with Gasteiger partial charge in [0, 0.05) is 19.1 Å². The summed E-state index contributed by atoms with van der Waals surface area (Å²) in [6, 6.07) is 14.3. The highest BCUT2D eigenvalue weighted by atomic mass is 16.5. The van der Waals surface area contributed by atoms with Crippen LogP contribution in [0.2, 0.25) is 0 Å². The summed E-state index contributed by atoms with van der Waals surface area (Å²) in [4.78, 5) is 12.0. The molecule has 0 fully saturated rings. The van der Waals surface area contributed by atoms with Crippen molar-refractivity contribution in [3.8, 4) is 11.5 Å². The number of benzene rings is 2. The maximum atomic E-state index is 12.0. The quantitative estimate of drug-likeness (QED) is 0.640. The van der Waals surface area contributed by atoms with Gasteiger partial charge in [0.25, 0.3) is 0 Å². The summed E-state index contributed by atoms with van der Waals surface area (Å²) in [7, 11) is 1.67. The number of carbonyl (C=O) groups excluding carboxylic acids is 1. The lowest BCUT2D eigenvalue weighted by molar-refractivity contribution is 0.0625. The third kappa shape index (κ3) is 2.90. The largest absolute Gasteiger partial charge is 0.493 e. The van der Waals surface area contributed by atoms with Gasteiger partial charge in [-0.3, -0.25) is 0 Å². The second kappa shape index (κ2) is 5.97. The van der Waals surface area contributed by atoms with Crippen molar-refractivity contribution in [2.45, 2.75) is 12.5 Å². The van der Waals surface area contributed by atoms with Crippen molar-refractivity contribution in [2.75, 3.05) is 13.7 Å². The average molecular weight is 284 g/mol. The van der Waals surface area contributed by atoms with Crippen LogP contribution >= 0.6 is 0 Å². The molecule has 0 amide bonds. The van der Waals surface area contributed by atoms with Crippen molar-refractivity contribution >= 4 is 5.97 Å². The van der Waals surface area contributed by atoms with Crippen molar-refractivity contribution in [3.05, 3.63) is 59.7 Å². The molecule has 1 unspecified atom stereocenters. The highest BCUT2D eigenvalue weighted by Crippen LogP contribution is 2.36. The van der Waals surface area contributed by atoms with E-state index in [1.807, 2.05) is 18.2 Å². The Kier molecular flexibility index (Phi) is 3.88. The van der Waals surface area contributed by atoms with E-state index in [4.69, 9.17) is 14.2 Å². The summed E-state index contributed by atoms with van der Waals surface area (Å²) in [5, 5.41) is 0. The standard InChI is InChI=1S/C17H16O4/c1-19-15-9-10-20-16-8-7-13(11-14(15)16)21-17(18)12-5-3-2-4-6-12/h2-8,11,15H,9-10H2,1H3. The Balaban J connectivity index is 1.82. The number of esters is 1. The molecule has 0 radical (unpaired) electrons. The van der Waals surface area contributed by atoms with Crippen LogP contribution in [0.15, 0.2) is 48.5 Å². The second-order valence-electron chi connectivity index (χ2n) is 4.82. The lowest BCUT2D eigenvalue weighted by atomic mass is 10.0. The minimum Gasteiger partial charge on any atom is -0.493 e. The van der Waals surface area contributed by atoms with Crippen LogP contribution in [-0.2, 0) is 4.74 Å². The molecule has 0 aliphatic carbocycles. The first-order valence-electron chi connectivity index (χ1n) is 6.84. The molecular weight excluding hydrogens is 268 g/mol. The van der Waals surface area contributed by atoms with Gasteiger partial charge >= 0.3 is 5.97 Å². The maximum Gasteiger partial charge on any atom is 0.343 e. The van der Waals surface area contributed by atoms with Crippen molar-refractivity contribution < 1.29 is 19.0 Å². The van der Waals surface area contributed by atoms with E-state index in [0.29, 0.717) is 17.9 Å². The van der Waals surface area contributed by atoms with Gasteiger partial charge < -0.3 is 14.2 Å². The molecule has 0 saturated carbocycles. The Morgan fingerprint density at radius 1 is 1.19 bits per heavy atom. The number of rotatable bonds is 3. The average Bonchev–Trinajstić information content (AvgIpc) is 2.55. The monoisotopic (exact) mass is 284 g/mol. The van der Waals surface area contributed by atoms with Gasteiger partial charge in [-0.05, 0) is 30.3 Å². The van der Waals surface area contributed by atoms with E-state index in [9.17, 15) is 4.79 Å². The molecule has 1 aliphatic rings. The fourth-order valence-corrected chi connectivity index (χ4v) is 2.39. The highest BCUT2D eigenvalue weighted by Gasteiger charge is 2.22. The summed E-state index contributed by atoms with van der Waals surface area (Å²) >= 11 is 0. The topological polar surface area (TPSA) is 44.8 Å². The maximum absolute atomic E-state index is 12.0. The summed E-state index contributed by atoms with van der Waals surface area (Å²) in [5.74, 6) is 0.906. The third-order valence-corrected chi connectivity index (χ3v) is 3.47. The Bertz CT molecular complexity index is 636. The smallest absolute Gasteiger partial charge is 0.343 e. The Labute approximate surface area is 123 Å². The van der Waals surface area contributed by atoms with Crippen LogP contribution in [0.25, 0.3) is 0 Å². The number of ether oxygens (including phenoxy) is 3. The first-order valence-corrected chi connectivity index (χ1v) is 6.84. The molecule has 4 nitrogen and oxygen atoms in total. The van der Waals surface area contributed by atoms with Gasteiger partial charge in [-0.15, -0.1) is 0 Å². The summed E-state index contributed by atoms with van der Waals surface area (Å²) in [6.45, 7) is 0.634. The lowest BCUT2D eigenvalue weighted by Crippen LogP contribution is -2.16. The molecule has 1 heterocycles. The van der Waals surface area contributed by atoms with E-state index in [-0.39, 0.29) is 12.1 Å². The molecule has 108 valence electrons. The molecule has 1 aliphatic heterocycles. The molecule has 1 atom stereocenters. The van der Waals surface area contributed by atoms with E-state index in [1.165, 1.54) is 0 Å². The molecule has 2 aromatic carbocycles. The molecule has 0 saturated heterocycles. The molecule has 3 rings (SSSR count). The van der Waals surface area contributed by atoms with Gasteiger partial charge in [0.2, 0.25) is 0 Å². The first-order chi connectivity index (χ1) is 10.3. The minimum atomic E-state index is -0.374. The molecule has 0 bridgehead atoms. The van der Waals surface area contributed by atoms with E-state index in [2.05, 4.69) is 0 Å². The van der Waals surface area contributed by atoms with Crippen LogP contribution in [0.3, 0.4) is 0 Å². The van der Waals surface area contributed by atoms with Gasteiger partial charge in [0.1, 0.15) is 11.5 Å². The summed E-state index contributed by atoms with van der Waals surface area (Å²) in [6.07, 6.45) is 0.767. The number of hydrogen-bond donors (Lipinski definition) is 0. The number of methoxy groups -OCH3 is 1. The normalized spacial score (nSPS) is 16.7. The molecule has 2 aromatic rings. The summed E-state index contributed by atoms with van der Waals surface area (Å²) < 4.78 is 16.4. The SMILES string of the molecule is COC1CCOc2ccc(OC(=O)c3ccccc3)cc21. The molecule has 21 heavy (non-hydrogen) atoms. The molecule has 0 spiro atoms. The van der Waals surface area contributed by atoms with Crippen molar-refractivity contribution in [3.63, 3.8) is 0 Å². The van der Waals surface area contributed by atoms with E-state index >= 15 is 0 Å². The third-order valence-electron chi connectivity index (χ3n) is 3.47. The fourth-order valence-electron chi connectivity index (χ4n) is 2.39. The zero-order valence-corrected chi connectivity index (χ0v) is 11.7. The van der Waals surface area contributed by atoms with Crippen molar-refractivity contribution in [1.82, 2.24) is 0 Å². The lowest BCUT2D eigenvalue weighted by Gasteiger charge is -2.25. The van der Waals surface area contributed by atoms with Crippen LogP contribution in [0.1, 0.15) is 28.4 Å². The highest BCUT2D eigenvalue weighted by molar-refractivity contribution is 5.91. The number of hydrogen-bond acceptors (Lipinski definition) is 4. The van der Waals surface area contributed by atoms with Crippen LogP contribution < -0.4 is 9.47 Å². The molecular formula is C17H16O4.